The average molecular weight is 391 g/mol. The fourth-order valence-electron chi connectivity index (χ4n) is 2.29. The molecule has 24 heavy (non-hydrogen) atoms. The lowest BCUT2D eigenvalue weighted by Crippen LogP contribution is -2.36. The summed E-state index contributed by atoms with van der Waals surface area (Å²) in [5.41, 5.74) is 1.61. The second-order valence-electron chi connectivity index (χ2n) is 5.10. The molecule has 6 nitrogen and oxygen atoms in total. The Morgan fingerprint density at radius 3 is 2.83 bits per heavy atom. The zero-order chi connectivity index (χ0) is 16.9. The quantitative estimate of drug-likeness (QED) is 0.530. The van der Waals surface area contributed by atoms with E-state index in [0.717, 1.165) is 17.0 Å². The van der Waals surface area contributed by atoms with Crippen LogP contribution < -0.4 is 10.6 Å². The van der Waals surface area contributed by atoms with E-state index in [9.17, 15) is 4.39 Å². The van der Waals surface area contributed by atoms with Crippen molar-refractivity contribution in [3.8, 4) is 0 Å². The molecule has 0 bridgehead atoms. The summed E-state index contributed by atoms with van der Waals surface area (Å²) in [5, 5.41) is 14.6. The fourth-order valence-corrected chi connectivity index (χ4v) is 2.81. The molecule has 3 aromatic rings. The number of nitrogens with one attached hydrogen (secondary N) is 2. The molecule has 8 heteroatoms. The summed E-state index contributed by atoms with van der Waals surface area (Å²) in [4.78, 5) is 4.16. The summed E-state index contributed by atoms with van der Waals surface area (Å²) in [6, 6.07) is 10.5. The van der Waals surface area contributed by atoms with Gasteiger partial charge in [0.2, 0.25) is 0 Å². The van der Waals surface area contributed by atoms with Gasteiger partial charge in [-0.25, -0.2) is 4.39 Å². The standard InChI is InChI=1S/C16H16BrFN6/c1-19-16(20-9-11-6-12(17)8-13(18)7-11)21-10-15-23-22-14-4-2-3-5-24(14)15/h2-8H,9-10H2,1H3,(H2,19,20,21). The SMILES string of the molecule is CN=C(NCc1cc(F)cc(Br)c1)NCc1nnc2ccccn12. The first kappa shape index (κ1) is 16.4. The third-order valence-electron chi connectivity index (χ3n) is 3.40. The molecule has 0 saturated heterocycles. The first-order chi connectivity index (χ1) is 11.7. The van der Waals surface area contributed by atoms with E-state index < -0.39 is 0 Å². The van der Waals surface area contributed by atoms with E-state index in [-0.39, 0.29) is 5.82 Å². The van der Waals surface area contributed by atoms with Gasteiger partial charge in [0, 0.05) is 24.3 Å². The third-order valence-corrected chi connectivity index (χ3v) is 3.86. The molecule has 0 saturated carbocycles. The van der Waals surface area contributed by atoms with Crippen molar-refractivity contribution >= 4 is 27.5 Å². The summed E-state index contributed by atoms with van der Waals surface area (Å²) in [7, 11) is 1.68. The van der Waals surface area contributed by atoms with Crippen LogP contribution in [0.15, 0.2) is 52.1 Å². The number of aliphatic imine (C=N–C) groups is 1. The number of benzene rings is 1. The molecule has 0 spiro atoms. The van der Waals surface area contributed by atoms with Crippen LogP contribution in [-0.2, 0) is 13.1 Å². The molecule has 1 aromatic carbocycles. The van der Waals surface area contributed by atoms with Crippen LogP contribution in [0, 0.1) is 5.82 Å². The maximum absolute atomic E-state index is 13.4. The van der Waals surface area contributed by atoms with E-state index in [1.54, 1.807) is 7.05 Å². The van der Waals surface area contributed by atoms with Gasteiger partial charge in [-0.2, -0.15) is 0 Å². The molecule has 124 valence electrons. The Morgan fingerprint density at radius 2 is 2.04 bits per heavy atom. The Bertz CT molecular complexity index is 856. The van der Waals surface area contributed by atoms with Gasteiger partial charge in [-0.05, 0) is 35.9 Å². The van der Waals surface area contributed by atoms with Crippen LogP contribution >= 0.6 is 15.9 Å². The maximum atomic E-state index is 13.4. The average Bonchev–Trinajstić information content (AvgIpc) is 2.97. The lowest BCUT2D eigenvalue weighted by atomic mass is 10.2. The van der Waals surface area contributed by atoms with Crippen LogP contribution in [0.3, 0.4) is 0 Å². The molecule has 2 heterocycles. The summed E-state index contributed by atoms with van der Waals surface area (Å²) in [6.07, 6.45) is 1.91. The lowest BCUT2D eigenvalue weighted by molar-refractivity contribution is 0.623. The first-order valence-corrected chi connectivity index (χ1v) is 8.13. The number of rotatable bonds is 4. The smallest absolute Gasteiger partial charge is 0.191 e. The highest BCUT2D eigenvalue weighted by atomic mass is 79.9. The number of halogens is 2. The number of hydrogen-bond acceptors (Lipinski definition) is 3. The van der Waals surface area contributed by atoms with Gasteiger partial charge in [-0.1, -0.05) is 22.0 Å². The van der Waals surface area contributed by atoms with Crippen molar-refractivity contribution in [1.82, 2.24) is 25.2 Å². The Morgan fingerprint density at radius 1 is 1.21 bits per heavy atom. The van der Waals surface area contributed by atoms with Gasteiger partial charge in [0.1, 0.15) is 5.82 Å². The van der Waals surface area contributed by atoms with E-state index in [2.05, 4.69) is 41.8 Å². The highest BCUT2D eigenvalue weighted by Gasteiger charge is 2.06. The van der Waals surface area contributed by atoms with Gasteiger partial charge in [0.05, 0.1) is 6.54 Å². The predicted molar refractivity (Wildman–Crippen MR) is 94.1 cm³/mol. The summed E-state index contributed by atoms with van der Waals surface area (Å²) in [5.74, 6) is 1.10. The zero-order valence-electron chi connectivity index (χ0n) is 13.0. The van der Waals surface area contributed by atoms with Gasteiger partial charge in [-0.3, -0.25) is 9.39 Å². The largest absolute Gasteiger partial charge is 0.352 e. The van der Waals surface area contributed by atoms with Gasteiger partial charge in [0.15, 0.2) is 17.4 Å². The summed E-state index contributed by atoms with van der Waals surface area (Å²) >= 11 is 3.29. The van der Waals surface area contributed by atoms with E-state index in [1.165, 1.54) is 12.1 Å². The van der Waals surface area contributed by atoms with Crippen molar-refractivity contribution in [1.29, 1.82) is 0 Å². The maximum Gasteiger partial charge on any atom is 0.191 e. The van der Waals surface area contributed by atoms with Crippen molar-refractivity contribution in [2.45, 2.75) is 13.1 Å². The zero-order valence-corrected chi connectivity index (χ0v) is 14.6. The number of fused-ring (bicyclic) bond motifs is 1. The van der Waals surface area contributed by atoms with Crippen LogP contribution in [0.1, 0.15) is 11.4 Å². The molecular weight excluding hydrogens is 375 g/mol. The molecule has 0 unspecified atom stereocenters. The molecule has 0 radical (unpaired) electrons. The number of aromatic nitrogens is 3. The minimum atomic E-state index is -0.279. The number of guanidine groups is 1. The number of nitrogens with zero attached hydrogens (tertiary/aromatic N) is 4. The van der Waals surface area contributed by atoms with Crippen LogP contribution in [0.4, 0.5) is 4.39 Å². The van der Waals surface area contributed by atoms with Crippen molar-refractivity contribution in [3.63, 3.8) is 0 Å². The van der Waals surface area contributed by atoms with E-state index in [0.29, 0.717) is 23.5 Å². The fraction of sp³-hybridized carbons (Fsp3) is 0.188. The lowest BCUT2D eigenvalue weighted by Gasteiger charge is -2.11. The minimum Gasteiger partial charge on any atom is -0.352 e. The Hall–Kier alpha value is -2.48. The van der Waals surface area contributed by atoms with E-state index in [4.69, 9.17) is 0 Å². The number of hydrogen-bond donors (Lipinski definition) is 2. The second kappa shape index (κ2) is 7.39. The predicted octanol–water partition coefficient (Wildman–Crippen LogP) is 2.50. The van der Waals surface area contributed by atoms with E-state index in [1.807, 2.05) is 34.9 Å². The molecule has 0 amide bonds. The molecule has 2 aromatic heterocycles. The van der Waals surface area contributed by atoms with Gasteiger partial charge >= 0.3 is 0 Å². The van der Waals surface area contributed by atoms with Crippen molar-refractivity contribution < 1.29 is 4.39 Å². The molecule has 0 aliphatic carbocycles. The molecule has 0 fully saturated rings. The molecule has 0 aliphatic rings. The van der Waals surface area contributed by atoms with Crippen molar-refractivity contribution in [3.05, 3.63) is 64.3 Å². The third kappa shape index (κ3) is 3.88. The molecule has 0 aliphatic heterocycles. The van der Waals surface area contributed by atoms with E-state index >= 15 is 0 Å². The van der Waals surface area contributed by atoms with Crippen LogP contribution in [0.5, 0.6) is 0 Å². The Labute approximate surface area is 147 Å². The molecule has 0 atom stereocenters. The Kier molecular flexibility index (Phi) is 5.05. The highest BCUT2D eigenvalue weighted by molar-refractivity contribution is 9.10. The molecular formula is C16H16BrFN6. The van der Waals surface area contributed by atoms with Gasteiger partial charge in [-0.15, -0.1) is 10.2 Å². The normalized spacial score (nSPS) is 11.7. The summed E-state index contributed by atoms with van der Waals surface area (Å²) in [6.45, 7) is 0.925. The monoisotopic (exact) mass is 390 g/mol. The summed E-state index contributed by atoms with van der Waals surface area (Å²) < 4.78 is 16.0. The molecule has 3 rings (SSSR count). The van der Waals surface area contributed by atoms with Crippen molar-refractivity contribution in [2.75, 3.05) is 7.05 Å². The van der Waals surface area contributed by atoms with Crippen LogP contribution in [-0.4, -0.2) is 27.6 Å². The van der Waals surface area contributed by atoms with Crippen LogP contribution in [0.25, 0.3) is 5.65 Å². The number of pyridine rings is 1. The Balaban J connectivity index is 1.61. The topological polar surface area (TPSA) is 66.6 Å². The highest BCUT2D eigenvalue weighted by Crippen LogP contribution is 2.14. The van der Waals surface area contributed by atoms with Gasteiger partial charge < -0.3 is 10.6 Å². The first-order valence-electron chi connectivity index (χ1n) is 7.34. The second-order valence-corrected chi connectivity index (χ2v) is 6.02. The molecule has 2 N–H and O–H groups in total. The van der Waals surface area contributed by atoms with Crippen LogP contribution in [0.2, 0.25) is 0 Å². The van der Waals surface area contributed by atoms with Crippen molar-refractivity contribution in [2.24, 2.45) is 4.99 Å². The van der Waals surface area contributed by atoms with Gasteiger partial charge in [0.25, 0.3) is 0 Å². The minimum absolute atomic E-state index is 0.279.